The summed E-state index contributed by atoms with van der Waals surface area (Å²) < 4.78 is 0. The van der Waals surface area contributed by atoms with Crippen molar-refractivity contribution in [1.29, 1.82) is 0 Å². The lowest BCUT2D eigenvalue weighted by Gasteiger charge is -2.08. The molecule has 1 radical (unpaired) electrons. The third-order valence-corrected chi connectivity index (χ3v) is 3.28. The molecule has 0 aromatic heterocycles. The van der Waals surface area contributed by atoms with Crippen LogP contribution in [0.15, 0.2) is 22.5 Å². The van der Waals surface area contributed by atoms with Gasteiger partial charge in [0.05, 0.1) is 0 Å². The maximum Gasteiger partial charge on any atom is 0.0232 e. The molecule has 0 bridgehead atoms. The molecule has 1 unspecified atom stereocenters. The molecule has 1 heterocycles. The van der Waals surface area contributed by atoms with Gasteiger partial charge in [-0.15, -0.1) is 0 Å². The first kappa shape index (κ1) is 8.88. The van der Waals surface area contributed by atoms with Crippen molar-refractivity contribution < 1.29 is 0 Å². The molecule has 0 amide bonds. The number of hydrogen-bond acceptors (Lipinski definition) is 1. The summed E-state index contributed by atoms with van der Waals surface area (Å²) in [6.07, 6.45) is 2.23. The molecule has 0 N–H and O–H groups in total. The molecular weight excluding hydrogens is 154 g/mol. The average Bonchev–Trinajstić information content (AvgIpc) is 2.34. The topological polar surface area (TPSA) is 3.24 Å². The van der Waals surface area contributed by atoms with E-state index < -0.39 is 0 Å². The maximum absolute atomic E-state index is 3.90. The first-order chi connectivity index (χ1) is 5.22. The molecule has 0 saturated carbocycles. The normalized spacial score (nSPS) is 26.2. The van der Waals surface area contributed by atoms with Crippen molar-refractivity contribution in [3.8, 4) is 0 Å². The molecule has 0 aromatic carbocycles. The highest BCUT2D eigenvalue weighted by molar-refractivity contribution is 8.22. The average molecular weight is 170 g/mol. The molecule has 1 rings (SSSR count). The Hall–Kier alpha value is -0.210. The van der Waals surface area contributed by atoms with Crippen molar-refractivity contribution in [3.05, 3.63) is 29.4 Å². The van der Waals surface area contributed by atoms with Crippen LogP contribution >= 0.6 is 10.9 Å². The predicted molar refractivity (Wildman–Crippen MR) is 55.0 cm³/mol. The van der Waals surface area contributed by atoms with E-state index in [2.05, 4.69) is 42.8 Å². The van der Waals surface area contributed by atoms with Crippen molar-refractivity contribution in [2.45, 2.75) is 0 Å². The van der Waals surface area contributed by atoms with E-state index in [1.165, 1.54) is 5.57 Å². The number of thiol groups is 1. The van der Waals surface area contributed by atoms with E-state index in [1.54, 1.807) is 0 Å². The van der Waals surface area contributed by atoms with Crippen molar-refractivity contribution in [3.63, 3.8) is 0 Å². The number of likely N-dealkylation sites (N-methyl/N-ethyl adjacent to an activating group) is 1. The number of nitrogens with zero attached hydrogens (tertiary/aromatic N) is 1. The van der Waals surface area contributed by atoms with Crippen LogP contribution in [0.3, 0.4) is 0 Å². The SMILES string of the molecule is [CH2]C[SH]1C=CC(CN(C)C)=C1. The smallest absolute Gasteiger partial charge is 0.0232 e. The molecule has 0 spiro atoms. The third-order valence-electron chi connectivity index (χ3n) is 1.57. The summed E-state index contributed by atoms with van der Waals surface area (Å²) in [4.78, 5) is 2.19. The molecule has 1 atom stereocenters. The van der Waals surface area contributed by atoms with E-state index in [0.717, 1.165) is 12.3 Å². The van der Waals surface area contributed by atoms with Gasteiger partial charge in [0.1, 0.15) is 0 Å². The number of rotatable bonds is 3. The zero-order valence-electron chi connectivity index (χ0n) is 7.25. The quantitative estimate of drug-likeness (QED) is 0.632. The van der Waals surface area contributed by atoms with Crippen LogP contribution in [-0.2, 0) is 0 Å². The zero-order chi connectivity index (χ0) is 8.27. The van der Waals surface area contributed by atoms with Crippen LogP contribution in [0.4, 0.5) is 0 Å². The first-order valence-electron chi connectivity index (χ1n) is 3.81. The van der Waals surface area contributed by atoms with Crippen LogP contribution < -0.4 is 0 Å². The van der Waals surface area contributed by atoms with Crippen LogP contribution in [0.25, 0.3) is 0 Å². The van der Waals surface area contributed by atoms with Gasteiger partial charge in [0, 0.05) is 6.54 Å². The Morgan fingerprint density at radius 3 is 2.73 bits per heavy atom. The first-order valence-corrected chi connectivity index (χ1v) is 5.47. The van der Waals surface area contributed by atoms with Gasteiger partial charge in [0.15, 0.2) is 0 Å². The molecule has 11 heavy (non-hydrogen) atoms. The lowest BCUT2D eigenvalue weighted by atomic mass is 10.3. The predicted octanol–water partition coefficient (Wildman–Crippen LogP) is 1.79. The second kappa shape index (κ2) is 3.98. The molecule has 1 nitrogen and oxygen atoms in total. The standard InChI is InChI=1S/C9H16NS/c1-4-11-6-5-9(8-11)7-10(2)3/h5-6,8,11H,1,4,7H2,2-3H3. The summed E-state index contributed by atoms with van der Waals surface area (Å²) in [6.45, 7) is 4.97. The Balaban J connectivity index is 2.44. The Labute approximate surface area is 72.1 Å². The van der Waals surface area contributed by atoms with Crippen molar-refractivity contribution in [2.24, 2.45) is 0 Å². The fraction of sp³-hybridized carbons (Fsp3) is 0.444. The second-order valence-corrected chi connectivity index (χ2v) is 5.03. The van der Waals surface area contributed by atoms with Gasteiger partial charge in [0.2, 0.25) is 0 Å². The van der Waals surface area contributed by atoms with Crippen LogP contribution in [-0.4, -0.2) is 31.3 Å². The van der Waals surface area contributed by atoms with E-state index in [1.807, 2.05) is 0 Å². The van der Waals surface area contributed by atoms with Crippen molar-refractivity contribution in [2.75, 3.05) is 26.4 Å². The van der Waals surface area contributed by atoms with Crippen LogP contribution in [0.5, 0.6) is 0 Å². The number of hydrogen-bond donors (Lipinski definition) is 1. The van der Waals surface area contributed by atoms with Gasteiger partial charge in [-0.25, -0.2) is 10.9 Å². The highest BCUT2D eigenvalue weighted by Gasteiger charge is 2.04. The second-order valence-electron chi connectivity index (χ2n) is 3.00. The minimum atomic E-state index is 0.00682. The highest BCUT2D eigenvalue weighted by Crippen LogP contribution is 2.35. The van der Waals surface area contributed by atoms with Crippen molar-refractivity contribution in [1.82, 2.24) is 4.90 Å². The molecule has 0 aliphatic carbocycles. The van der Waals surface area contributed by atoms with E-state index in [9.17, 15) is 0 Å². The van der Waals surface area contributed by atoms with E-state index >= 15 is 0 Å². The fourth-order valence-electron chi connectivity index (χ4n) is 1.09. The zero-order valence-corrected chi connectivity index (χ0v) is 8.14. The Kier molecular flexibility index (Phi) is 3.21. The molecule has 0 fully saturated rings. The summed E-state index contributed by atoms with van der Waals surface area (Å²) >= 11 is 0. The molecule has 1 aliphatic heterocycles. The Morgan fingerprint density at radius 2 is 2.27 bits per heavy atom. The van der Waals surface area contributed by atoms with Gasteiger partial charge in [-0.1, -0.05) is 6.08 Å². The lowest BCUT2D eigenvalue weighted by Crippen LogP contribution is -2.13. The minimum Gasteiger partial charge on any atom is -0.305 e. The monoisotopic (exact) mass is 170 g/mol. The third kappa shape index (κ3) is 2.72. The molecule has 1 aliphatic rings. The summed E-state index contributed by atoms with van der Waals surface area (Å²) in [5.41, 5.74) is 1.45. The van der Waals surface area contributed by atoms with Gasteiger partial charge in [-0.05, 0) is 43.2 Å². The van der Waals surface area contributed by atoms with Gasteiger partial charge >= 0.3 is 0 Å². The van der Waals surface area contributed by atoms with Crippen molar-refractivity contribution >= 4 is 10.9 Å². The van der Waals surface area contributed by atoms with Gasteiger partial charge in [0.25, 0.3) is 0 Å². The van der Waals surface area contributed by atoms with Gasteiger partial charge < -0.3 is 4.90 Å². The lowest BCUT2D eigenvalue weighted by molar-refractivity contribution is 0.449. The van der Waals surface area contributed by atoms with E-state index in [0.29, 0.717) is 0 Å². The minimum absolute atomic E-state index is 0.00682. The maximum atomic E-state index is 3.90. The van der Waals surface area contributed by atoms with Gasteiger partial charge in [-0.2, -0.15) is 0 Å². The summed E-state index contributed by atoms with van der Waals surface area (Å²) in [5.74, 6) is 1.04. The molecule has 63 valence electrons. The summed E-state index contributed by atoms with van der Waals surface area (Å²) in [6, 6.07) is 0. The molecule has 0 aromatic rings. The highest BCUT2D eigenvalue weighted by atomic mass is 32.2. The largest absolute Gasteiger partial charge is 0.305 e. The van der Waals surface area contributed by atoms with Gasteiger partial charge in [-0.3, -0.25) is 0 Å². The van der Waals surface area contributed by atoms with E-state index in [-0.39, 0.29) is 10.9 Å². The van der Waals surface area contributed by atoms with Crippen LogP contribution in [0.1, 0.15) is 0 Å². The summed E-state index contributed by atoms with van der Waals surface area (Å²) in [5, 5.41) is 4.66. The molecule has 0 saturated heterocycles. The van der Waals surface area contributed by atoms with Crippen LogP contribution in [0.2, 0.25) is 0 Å². The molecule has 2 heteroatoms. The van der Waals surface area contributed by atoms with Crippen LogP contribution in [0, 0.1) is 6.92 Å². The Bertz CT molecular complexity index is 182. The fourth-order valence-corrected chi connectivity index (χ4v) is 2.43. The molecular formula is C9H16NS. The summed E-state index contributed by atoms with van der Waals surface area (Å²) in [7, 11) is 4.20. The Morgan fingerprint density at radius 1 is 1.55 bits per heavy atom. The van der Waals surface area contributed by atoms with E-state index in [4.69, 9.17) is 0 Å².